The van der Waals surface area contributed by atoms with Crippen molar-refractivity contribution in [1.82, 2.24) is 0 Å². The SMILES string of the molecule is C=CCCCCCC(F)C(C)CC. The molecule has 0 spiro atoms. The van der Waals surface area contributed by atoms with Crippen molar-refractivity contribution in [2.24, 2.45) is 5.92 Å². The van der Waals surface area contributed by atoms with Crippen molar-refractivity contribution >= 4 is 0 Å². The van der Waals surface area contributed by atoms with Crippen molar-refractivity contribution in [3.63, 3.8) is 0 Å². The first-order valence-corrected chi connectivity index (χ1v) is 5.47. The molecule has 0 radical (unpaired) electrons. The third-order valence-corrected chi connectivity index (χ3v) is 2.65. The van der Waals surface area contributed by atoms with Crippen molar-refractivity contribution in [3.8, 4) is 0 Å². The molecule has 0 rings (SSSR count). The van der Waals surface area contributed by atoms with Crippen LogP contribution in [0.4, 0.5) is 4.39 Å². The first kappa shape index (κ1) is 12.7. The lowest BCUT2D eigenvalue weighted by Gasteiger charge is -2.13. The zero-order valence-electron chi connectivity index (χ0n) is 9.06. The van der Waals surface area contributed by atoms with E-state index < -0.39 is 6.17 Å². The first-order valence-electron chi connectivity index (χ1n) is 5.47. The number of hydrogen-bond acceptors (Lipinski definition) is 0. The molecule has 2 atom stereocenters. The van der Waals surface area contributed by atoms with Gasteiger partial charge in [0.25, 0.3) is 0 Å². The first-order chi connectivity index (χ1) is 6.22. The molecule has 0 aromatic carbocycles. The highest BCUT2D eigenvalue weighted by Gasteiger charge is 2.12. The van der Waals surface area contributed by atoms with Crippen LogP contribution in [0, 0.1) is 5.92 Å². The molecule has 2 unspecified atom stereocenters. The average Bonchev–Trinajstić information content (AvgIpc) is 2.16. The van der Waals surface area contributed by atoms with E-state index in [2.05, 4.69) is 13.5 Å². The number of alkyl halides is 1. The van der Waals surface area contributed by atoms with Crippen LogP contribution in [-0.2, 0) is 0 Å². The predicted molar refractivity (Wildman–Crippen MR) is 57.6 cm³/mol. The summed E-state index contributed by atoms with van der Waals surface area (Å²) in [6, 6.07) is 0. The summed E-state index contributed by atoms with van der Waals surface area (Å²) in [5.74, 6) is 0.236. The smallest absolute Gasteiger partial charge is 0.103 e. The molecule has 0 aliphatic heterocycles. The number of unbranched alkanes of at least 4 members (excludes halogenated alkanes) is 3. The van der Waals surface area contributed by atoms with Crippen LogP contribution < -0.4 is 0 Å². The van der Waals surface area contributed by atoms with Gasteiger partial charge in [-0.3, -0.25) is 0 Å². The van der Waals surface area contributed by atoms with Gasteiger partial charge in [-0.05, 0) is 25.2 Å². The predicted octanol–water partition coefficient (Wildman–Crippen LogP) is 4.51. The van der Waals surface area contributed by atoms with Crippen molar-refractivity contribution in [1.29, 1.82) is 0 Å². The minimum atomic E-state index is -0.589. The second kappa shape index (κ2) is 8.28. The highest BCUT2D eigenvalue weighted by atomic mass is 19.1. The van der Waals surface area contributed by atoms with Gasteiger partial charge >= 0.3 is 0 Å². The molecule has 0 nitrogen and oxygen atoms in total. The standard InChI is InChI=1S/C12H23F/c1-4-6-7-8-9-10-12(13)11(3)5-2/h4,11-12H,1,5-10H2,2-3H3. The molecule has 0 heterocycles. The normalized spacial score (nSPS) is 15.3. The molecule has 0 aromatic heterocycles. The molecule has 0 bridgehead atoms. The summed E-state index contributed by atoms with van der Waals surface area (Å²) in [7, 11) is 0. The maximum Gasteiger partial charge on any atom is 0.103 e. The average molecular weight is 186 g/mol. The van der Waals surface area contributed by atoms with E-state index in [-0.39, 0.29) is 5.92 Å². The lowest BCUT2D eigenvalue weighted by atomic mass is 9.98. The van der Waals surface area contributed by atoms with Gasteiger partial charge < -0.3 is 0 Å². The molecule has 0 aliphatic rings. The largest absolute Gasteiger partial charge is 0.247 e. The van der Waals surface area contributed by atoms with Gasteiger partial charge in [-0.2, -0.15) is 0 Å². The molecule has 0 aromatic rings. The van der Waals surface area contributed by atoms with E-state index in [1.165, 1.54) is 0 Å². The van der Waals surface area contributed by atoms with Gasteiger partial charge in [0.05, 0.1) is 0 Å². The summed E-state index contributed by atoms with van der Waals surface area (Å²) in [4.78, 5) is 0. The Morgan fingerprint density at radius 1 is 1.31 bits per heavy atom. The summed E-state index contributed by atoms with van der Waals surface area (Å²) in [5.41, 5.74) is 0. The topological polar surface area (TPSA) is 0 Å². The zero-order valence-corrected chi connectivity index (χ0v) is 9.06. The molecular formula is C12H23F. The minimum Gasteiger partial charge on any atom is -0.247 e. The molecule has 0 aliphatic carbocycles. The van der Waals surface area contributed by atoms with Gasteiger partial charge in [-0.1, -0.05) is 39.2 Å². The Morgan fingerprint density at radius 2 is 2.00 bits per heavy atom. The van der Waals surface area contributed by atoms with Gasteiger partial charge in [-0.15, -0.1) is 6.58 Å². The van der Waals surface area contributed by atoms with Crippen LogP contribution in [-0.4, -0.2) is 6.17 Å². The molecule has 0 N–H and O–H groups in total. The summed E-state index contributed by atoms with van der Waals surface area (Å²) in [6.07, 6.45) is 7.44. The Balaban J connectivity index is 3.26. The summed E-state index contributed by atoms with van der Waals surface area (Å²) in [5, 5.41) is 0. The van der Waals surface area contributed by atoms with Gasteiger partial charge in [0.1, 0.15) is 6.17 Å². The second-order valence-corrected chi connectivity index (χ2v) is 3.83. The molecule has 13 heavy (non-hydrogen) atoms. The van der Waals surface area contributed by atoms with Crippen LogP contribution in [0.2, 0.25) is 0 Å². The second-order valence-electron chi connectivity index (χ2n) is 3.83. The Bertz CT molecular complexity index is 120. The summed E-state index contributed by atoms with van der Waals surface area (Å²) < 4.78 is 13.3. The highest BCUT2D eigenvalue weighted by Crippen LogP contribution is 2.18. The van der Waals surface area contributed by atoms with E-state index >= 15 is 0 Å². The molecule has 0 saturated heterocycles. The van der Waals surface area contributed by atoms with Crippen LogP contribution >= 0.6 is 0 Å². The maximum atomic E-state index is 13.3. The third-order valence-electron chi connectivity index (χ3n) is 2.65. The minimum absolute atomic E-state index is 0.236. The summed E-state index contributed by atoms with van der Waals surface area (Å²) in [6.45, 7) is 7.71. The van der Waals surface area contributed by atoms with E-state index in [4.69, 9.17) is 0 Å². The van der Waals surface area contributed by atoms with Crippen LogP contribution in [0.1, 0.15) is 52.4 Å². The Kier molecular flexibility index (Phi) is 8.07. The number of hydrogen-bond donors (Lipinski definition) is 0. The molecule has 78 valence electrons. The van der Waals surface area contributed by atoms with Crippen LogP contribution in [0.5, 0.6) is 0 Å². The number of rotatable bonds is 8. The Morgan fingerprint density at radius 3 is 2.54 bits per heavy atom. The zero-order chi connectivity index (χ0) is 10.1. The lowest BCUT2D eigenvalue weighted by Crippen LogP contribution is -2.11. The molecule has 0 saturated carbocycles. The van der Waals surface area contributed by atoms with E-state index in [0.717, 1.165) is 38.5 Å². The maximum absolute atomic E-state index is 13.3. The van der Waals surface area contributed by atoms with Crippen LogP contribution in [0.15, 0.2) is 12.7 Å². The molecule has 0 fully saturated rings. The van der Waals surface area contributed by atoms with Crippen molar-refractivity contribution in [2.45, 2.75) is 58.5 Å². The third kappa shape index (κ3) is 6.80. The van der Waals surface area contributed by atoms with E-state index in [9.17, 15) is 4.39 Å². The van der Waals surface area contributed by atoms with E-state index in [1.54, 1.807) is 0 Å². The fraction of sp³-hybridized carbons (Fsp3) is 0.833. The summed E-state index contributed by atoms with van der Waals surface area (Å²) >= 11 is 0. The van der Waals surface area contributed by atoms with Crippen LogP contribution in [0.25, 0.3) is 0 Å². The van der Waals surface area contributed by atoms with Crippen molar-refractivity contribution in [2.75, 3.05) is 0 Å². The quantitative estimate of drug-likeness (QED) is 0.386. The molecule has 1 heteroatoms. The molecular weight excluding hydrogens is 163 g/mol. The van der Waals surface area contributed by atoms with Crippen molar-refractivity contribution < 1.29 is 4.39 Å². The van der Waals surface area contributed by atoms with Gasteiger partial charge in [0.15, 0.2) is 0 Å². The van der Waals surface area contributed by atoms with E-state index in [1.807, 2.05) is 13.0 Å². The van der Waals surface area contributed by atoms with E-state index in [0.29, 0.717) is 0 Å². The monoisotopic (exact) mass is 186 g/mol. The van der Waals surface area contributed by atoms with Crippen LogP contribution in [0.3, 0.4) is 0 Å². The number of halogens is 1. The van der Waals surface area contributed by atoms with Gasteiger partial charge in [-0.25, -0.2) is 4.39 Å². The fourth-order valence-corrected chi connectivity index (χ4v) is 1.35. The Labute approximate surface area is 82.2 Å². The van der Waals surface area contributed by atoms with Gasteiger partial charge in [0, 0.05) is 0 Å². The number of allylic oxidation sites excluding steroid dienone is 1. The lowest BCUT2D eigenvalue weighted by molar-refractivity contribution is 0.217. The van der Waals surface area contributed by atoms with Gasteiger partial charge in [0.2, 0.25) is 0 Å². The Hall–Kier alpha value is -0.330. The highest BCUT2D eigenvalue weighted by molar-refractivity contribution is 4.67. The van der Waals surface area contributed by atoms with Crippen molar-refractivity contribution in [3.05, 3.63) is 12.7 Å². The fourth-order valence-electron chi connectivity index (χ4n) is 1.35. The molecule has 0 amide bonds.